The Morgan fingerprint density at radius 2 is 2.31 bits per heavy atom. The van der Waals surface area contributed by atoms with Crippen molar-refractivity contribution in [2.75, 3.05) is 0 Å². The number of fused-ring (bicyclic) bond motifs is 1. The maximum absolute atomic E-state index is 10.6. The van der Waals surface area contributed by atoms with Crippen molar-refractivity contribution < 1.29 is 14.3 Å². The van der Waals surface area contributed by atoms with Crippen molar-refractivity contribution in [1.29, 1.82) is 0 Å². The van der Waals surface area contributed by atoms with E-state index in [1.165, 1.54) is 6.92 Å². The molecule has 0 N–H and O–H groups in total. The predicted molar refractivity (Wildman–Crippen MR) is 46.3 cm³/mol. The zero-order valence-electron chi connectivity index (χ0n) is 7.32. The van der Waals surface area contributed by atoms with Gasteiger partial charge in [0.2, 0.25) is 6.29 Å². The molecule has 1 aliphatic heterocycles. The maximum Gasteiger partial charge on any atom is 0.305 e. The molecule has 0 radical (unpaired) electrons. The molecule has 0 fully saturated rings. The van der Waals surface area contributed by atoms with Crippen molar-refractivity contribution in [3.63, 3.8) is 0 Å². The fourth-order valence-corrected chi connectivity index (χ4v) is 1.40. The highest BCUT2D eigenvalue weighted by Crippen LogP contribution is 2.28. The number of ether oxygens (including phenoxy) is 2. The molecule has 1 heterocycles. The molecule has 3 heteroatoms. The van der Waals surface area contributed by atoms with E-state index in [1.807, 2.05) is 24.3 Å². The van der Waals surface area contributed by atoms with Gasteiger partial charge in [-0.3, -0.25) is 4.79 Å². The lowest BCUT2D eigenvalue weighted by Crippen LogP contribution is -2.20. The number of hydrogen-bond donors (Lipinski definition) is 0. The van der Waals surface area contributed by atoms with Crippen LogP contribution >= 0.6 is 0 Å². The smallest absolute Gasteiger partial charge is 0.305 e. The molecule has 1 aliphatic rings. The molecule has 0 spiro atoms. The van der Waals surface area contributed by atoms with Crippen LogP contribution in [0.1, 0.15) is 12.5 Å². The van der Waals surface area contributed by atoms with Crippen molar-refractivity contribution in [2.45, 2.75) is 19.6 Å². The van der Waals surface area contributed by atoms with Crippen LogP contribution in [0.25, 0.3) is 0 Å². The Labute approximate surface area is 76.3 Å². The summed E-state index contributed by atoms with van der Waals surface area (Å²) in [5, 5.41) is 0. The third-order valence-corrected chi connectivity index (χ3v) is 1.92. The van der Waals surface area contributed by atoms with E-state index in [0.29, 0.717) is 6.42 Å². The van der Waals surface area contributed by atoms with Gasteiger partial charge in [0, 0.05) is 12.5 Å². The van der Waals surface area contributed by atoms with Crippen LogP contribution in [0.2, 0.25) is 0 Å². The Balaban J connectivity index is 2.09. The lowest BCUT2D eigenvalue weighted by Gasteiger charge is -2.09. The molecule has 0 saturated heterocycles. The summed E-state index contributed by atoms with van der Waals surface area (Å²) in [6.07, 6.45) is 0.213. The van der Waals surface area contributed by atoms with Gasteiger partial charge in [0.05, 0.1) is 6.42 Å². The Morgan fingerprint density at radius 1 is 1.54 bits per heavy atom. The van der Waals surface area contributed by atoms with Crippen LogP contribution in [0.3, 0.4) is 0 Å². The monoisotopic (exact) mass is 178 g/mol. The Hall–Kier alpha value is -1.51. The van der Waals surface area contributed by atoms with E-state index in [1.54, 1.807) is 0 Å². The second-order valence-electron chi connectivity index (χ2n) is 2.97. The van der Waals surface area contributed by atoms with Gasteiger partial charge in [-0.25, -0.2) is 0 Å². The molecule has 1 aromatic carbocycles. The molecule has 0 bridgehead atoms. The summed E-state index contributed by atoms with van der Waals surface area (Å²) in [4.78, 5) is 10.6. The number of rotatable bonds is 1. The van der Waals surface area contributed by atoms with Gasteiger partial charge >= 0.3 is 5.97 Å². The number of carbonyl (C=O) groups is 1. The van der Waals surface area contributed by atoms with Crippen molar-refractivity contribution >= 4 is 5.97 Å². The number of para-hydroxylation sites is 1. The highest BCUT2D eigenvalue weighted by molar-refractivity contribution is 5.66. The third-order valence-electron chi connectivity index (χ3n) is 1.92. The van der Waals surface area contributed by atoms with Gasteiger partial charge in [0.25, 0.3) is 0 Å². The van der Waals surface area contributed by atoms with E-state index in [0.717, 1.165) is 11.3 Å². The van der Waals surface area contributed by atoms with Gasteiger partial charge in [-0.05, 0) is 6.07 Å². The second-order valence-corrected chi connectivity index (χ2v) is 2.97. The zero-order chi connectivity index (χ0) is 9.26. The van der Waals surface area contributed by atoms with Crippen molar-refractivity contribution in [2.24, 2.45) is 0 Å². The maximum atomic E-state index is 10.6. The van der Waals surface area contributed by atoms with Crippen molar-refractivity contribution in [3.8, 4) is 5.75 Å². The van der Waals surface area contributed by atoms with E-state index < -0.39 is 6.29 Å². The molecule has 1 aromatic rings. The van der Waals surface area contributed by atoms with Gasteiger partial charge in [-0.1, -0.05) is 18.2 Å². The summed E-state index contributed by atoms with van der Waals surface area (Å²) in [6.45, 7) is 1.38. The van der Waals surface area contributed by atoms with Crippen LogP contribution in [-0.2, 0) is 16.0 Å². The fourth-order valence-electron chi connectivity index (χ4n) is 1.40. The summed E-state index contributed by atoms with van der Waals surface area (Å²) in [7, 11) is 0. The molecule has 0 amide bonds. The fraction of sp³-hybridized carbons (Fsp3) is 0.300. The molecule has 0 aliphatic carbocycles. The number of esters is 1. The Morgan fingerprint density at radius 3 is 3.00 bits per heavy atom. The van der Waals surface area contributed by atoms with Crippen LogP contribution in [-0.4, -0.2) is 12.3 Å². The molecule has 3 nitrogen and oxygen atoms in total. The largest absolute Gasteiger partial charge is 0.454 e. The second kappa shape index (κ2) is 3.09. The Bertz CT molecular complexity index is 308. The SMILES string of the molecule is CC(=O)O[C@H]1Cc2ccccc2O1. The molecule has 13 heavy (non-hydrogen) atoms. The molecule has 68 valence electrons. The third kappa shape index (κ3) is 1.64. The van der Waals surface area contributed by atoms with E-state index in [-0.39, 0.29) is 5.97 Å². The van der Waals surface area contributed by atoms with Gasteiger partial charge < -0.3 is 9.47 Å². The van der Waals surface area contributed by atoms with Crippen LogP contribution in [0.4, 0.5) is 0 Å². The van der Waals surface area contributed by atoms with Crippen molar-refractivity contribution in [1.82, 2.24) is 0 Å². The lowest BCUT2D eigenvalue weighted by atomic mass is 10.2. The predicted octanol–water partition coefficient (Wildman–Crippen LogP) is 1.51. The molecular formula is C10H10O3. The van der Waals surface area contributed by atoms with E-state index in [9.17, 15) is 4.79 Å². The molecule has 0 saturated carbocycles. The standard InChI is InChI=1S/C10H10O3/c1-7(11)12-10-6-8-4-2-3-5-9(8)13-10/h2-5,10H,6H2,1H3/t10-/m1/s1. The first-order chi connectivity index (χ1) is 6.25. The quantitative estimate of drug-likeness (QED) is 0.611. The normalized spacial score (nSPS) is 19.0. The molecule has 0 unspecified atom stereocenters. The Kier molecular flexibility index (Phi) is 1.93. The molecule has 1 atom stereocenters. The minimum absolute atomic E-state index is 0.308. The average Bonchev–Trinajstić information content (AvgIpc) is 2.44. The van der Waals surface area contributed by atoms with Crippen LogP contribution in [0, 0.1) is 0 Å². The minimum atomic E-state index is -0.435. The van der Waals surface area contributed by atoms with Gasteiger partial charge in [-0.15, -0.1) is 0 Å². The van der Waals surface area contributed by atoms with E-state index in [2.05, 4.69) is 0 Å². The number of hydrogen-bond acceptors (Lipinski definition) is 3. The minimum Gasteiger partial charge on any atom is -0.454 e. The average molecular weight is 178 g/mol. The number of carbonyl (C=O) groups excluding carboxylic acids is 1. The summed E-state index contributed by atoms with van der Waals surface area (Å²) in [5.41, 5.74) is 1.09. The van der Waals surface area contributed by atoms with E-state index in [4.69, 9.17) is 9.47 Å². The van der Waals surface area contributed by atoms with Crippen molar-refractivity contribution in [3.05, 3.63) is 29.8 Å². The zero-order valence-corrected chi connectivity index (χ0v) is 7.32. The first-order valence-electron chi connectivity index (χ1n) is 4.17. The van der Waals surface area contributed by atoms with Gasteiger partial charge in [0.15, 0.2) is 0 Å². The molecule has 2 rings (SSSR count). The van der Waals surface area contributed by atoms with Gasteiger partial charge in [-0.2, -0.15) is 0 Å². The highest BCUT2D eigenvalue weighted by atomic mass is 16.7. The first-order valence-corrected chi connectivity index (χ1v) is 4.17. The highest BCUT2D eigenvalue weighted by Gasteiger charge is 2.24. The molecule has 0 aromatic heterocycles. The van der Waals surface area contributed by atoms with Crippen LogP contribution in [0.5, 0.6) is 5.75 Å². The first kappa shape index (κ1) is 8.10. The summed E-state index contributed by atoms with van der Waals surface area (Å²) < 4.78 is 10.3. The van der Waals surface area contributed by atoms with E-state index >= 15 is 0 Å². The van der Waals surface area contributed by atoms with Crippen LogP contribution in [0.15, 0.2) is 24.3 Å². The van der Waals surface area contributed by atoms with Crippen LogP contribution < -0.4 is 4.74 Å². The summed E-state index contributed by atoms with van der Waals surface area (Å²) in [5.74, 6) is 0.506. The van der Waals surface area contributed by atoms with Gasteiger partial charge in [0.1, 0.15) is 5.75 Å². The lowest BCUT2D eigenvalue weighted by molar-refractivity contribution is -0.158. The number of benzene rings is 1. The molecular weight excluding hydrogens is 168 g/mol. The summed E-state index contributed by atoms with van der Waals surface area (Å²) >= 11 is 0. The summed E-state index contributed by atoms with van der Waals surface area (Å²) in [6, 6.07) is 7.69. The topological polar surface area (TPSA) is 35.5 Å².